The van der Waals surface area contributed by atoms with Crippen LogP contribution in [0.2, 0.25) is 0 Å². The van der Waals surface area contributed by atoms with Crippen LogP contribution in [-0.4, -0.2) is 42.6 Å². The lowest BCUT2D eigenvalue weighted by Gasteiger charge is -2.18. The van der Waals surface area contributed by atoms with Gasteiger partial charge in [-0.3, -0.25) is 14.5 Å². The average Bonchev–Trinajstić information content (AvgIpc) is 3.25. The van der Waals surface area contributed by atoms with Crippen molar-refractivity contribution in [3.05, 3.63) is 60.2 Å². The highest BCUT2D eigenvalue weighted by atomic mass is 15.3. The third-order valence-corrected chi connectivity index (χ3v) is 6.35. The Bertz CT molecular complexity index is 1180. The molecule has 4 aromatic heterocycles. The molecule has 1 saturated carbocycles. The first kappa shape index (κ1) is 17.4. The minimum atomic E-state index is 0.455. The number of H-pyrrole nitrogens is 1. The standard InChI is InChI=1S/C22H24N8/c1-14-10-17(14)18-11-19(28-27-18)24-22-26-21(25-20-5-3-8-30(20)22)29-9-6-16(13-29)15-4-2-7-23-12-15/h2-5,7-8,11-12,14,16-17H,6,9-10,13H2,1H3,(H2,24,25,26,27,28)/t14-,16?,17-/m0/s1. The van der Waals surface area contributed by atoms with Crippen LogP contribution in [0.3, 0.4) is 0 Å². The van der Waals surface area contributed by atoms with Crippen LogP contribution in [0.4, 0.5) is 17.7 Å². The summed E-state index contributed by atoms with van der Waals surface area (Å²) >= 11 is 0. The van der Waals surface area contributed by atoms with E-state index >= 15 is 0 Å². The summed E-state index contributed by atoms with van der Waals surface area (Å²) < 4.78 is 1.96. The number of fused-ring (bicyclic) bond motifs is 1. The van der Waals surface area contributed by atoms with Crippen LogP contribution in [0.25, 0.3) is 5.65 Å². The maximum absolute atomic E-state index is 4.86. The normalized spacial score (nSPS) is 23.2. The number of nitrogens with zero attached hydrogens (tertiary/aromatic N) is 6. The van der Waals surface area contributed by atoms with Gasteiger partial charge < -0.3 is 10.2 Å². The van der Waals surface area contributed by atoms with E-state index in [4.69, 9.17) is 9.97 Å². The molecular weight excluding hydrogens is 376 g/mol. The second-order valence-electron chi connectivity index (χ2n) is 8.45. The van der Waals surface area contributed by atoms with E-state index in [0.29, 0.717) is 11.8 Å². The summed E-state index contributed by atoms with van der Waals surface area (Å²) in [6, 6.07) is 10.3. The first-order valence-electron chi connectivity index (χ1n) is 10.6. The SMILES string of the molecule is C[C@H]1C[C@@H]1c1cc(Nc2nc(N3CCC(c4cccnc4)C3)nc3cccn23)n[nH]1. The summed E-state index contributed by atoms with van der Waals surface area (Å²) in [6.45, 7) is 4.10. The van der Waals surface area contributed by atoms with Crippen molar-refractivity contribution in [1.82, 2.24) is 29.5 Å². The number of nitrogens with one attached hydrogen (secondary N) is 2. The Kier molecular flexibility index (Phi) is 3.97. The van der Waals surface area contributed by atoms with E-state index in [9.17, 15) is 0 Å². The van der Waals surface area contributed by atoms with E-state index in [0.717, 1.165) is 48.8 Å². The smallest absolute Gasteiger partial charge is 0.230 e. The second-order valence-corrected chi connectivity index (χ2v) is 8.45. The molecule has 4 aromatic rings. The van der Waals surface area contributed by atoms with Crippen LogP contribution in [-0.2, 0) is 0 Å². The molecule has 1 saturated heterocycles. The Morgan fingerprint density at radius 3 is 2.97 bits per heavy atom. The van der Waals surface area contributed by atoms with E-state index in [-0.39, 0.29) is 0 Å². The number of aromatic nitrogens is 6. The van der Waals surface area contributed by atoms with Gasteiger partial charge in [0.1, 0.15) is 5.65 Å². The summed E-state index contributed by atoms with van der Waals surface area (Å²) in [6.07, 6.45) is 8.07. The first-order valence-corrected chi connectivity index (χ1v) is 10.6. The van der Waals surface area contributed by atoms with Gasteiger partial charge >= 0.3 is 0 Å². The number of hydrogen-bond acceptors (Lipinski definition) is 6. The van der Waals surface area contributed by atoms with Gasteiger partial charge in [0, 0.05) is 55.3 Å². The number of rotatable bonds is 5. The summed E-state index contributed by atoms with van der Waals surface area (Å²) in [5.41, 5.74) is 3.35. The van der Waals surface area contributed by atoms with Crippen molar-refractivity contribution < 1.29 is 0 Å². The molecule has 5 heterocycles. The van der Waals surface area contributed by atoms with Gasteiger partial charge in [-0.1, -0.05) is 13.0 Å². The molecule has 0 bridgehead atoms. The van der Waals surface area contributed by atoms with E-state index in [1.165, 1.54) is 17.7 Å². The van der Waals surface area contributed by atoms with Crippen LogP contribution >= 0.6 is 0 Å². The van der Waals surface area contributed by atoms with Gasteiger partial charge in [-0.2, -0.15) is 15.1 Å². The molecule has 8 nitrogen and oxygen atoms in total. The van der Waals surface area contributed by atoms with Crippen molar-refractivity contribution in [1.29, 1.82) is 0 Å². The van der Waals surface area contributed by atoms with Crippen LogP contribution < -0.4 is 10.2 Å². The van der Waals surface area contributed by atoms with Crippen molar-refractivity contribution in [3.8, 4) is 0 Å². The van der Waals surface area contributed by atoms with Crippen molar-refractivity contribution in [2.24, 2.45) is 5.92 Å². The predicted molar refractivity (Wildman–Crippen MR) is 115 cm³/mol. The quantitative estimate of drug-likeness (QED) is 0.531. The lowest BCUT2D eigenvalue weighted by atomic mass is 10.0. The lowest BCUT2D eigenvalue weighted by Crippen LogP contribution is -2.23. The van der Waals surface area contributed by atoms with Gasteiger partial charge in [-0.05, 0) is 42.5 Å². The Morgan fingerprint density at radius 1 is 1.20 bits per heavy atom. The van der Waals surface area contributed by atoms with Gasteiger partial charge in [-0.25, -0.2) is 0 Å². The maximum Gasteiger partial charge on any atom is 0.230 e. The van der Waals surface area contributed by atoms with Gasteiger partial charge in [0.15, 0.2) is 5.82 Å². The minimum Gasteiger partial charge on any atom is -0.340 e. The van der Waals surface area contributed by atoms with Crippen LogP contribution in [0.5, 0.6) is 0 Å². The van der Waals surface area contributed by atoms with Crippen LogP contribution in [0.1, 0.15) is 42.9 Å². The number of hydrogen-bond donors (Lipinski definition) is 2. The van der Waals surface area contributed by atoms with E-state index in [1.807, 2.05) is 41.2 Å². The first-order chi connectivity index (χ1) is 14.7. The van der Waals surface area contributed by atoms with E-state index < -0.39 is 0 Å². The molecule has 1 unspecified atom stereocenters. The highest BCUT2D eigenvalue weighted by molar-refractivity contribution is 5.57. The highest BCUT2D eigenvalue weighted by Gasteiger charge is 2.35. The third kappa shape index (κ3) is 3.08. The zero-order valence-corrected chi connectivity index (χ0v) is 16.9. The zero-order chi connectivity index (χ0) is 20.1. The summed E-state index contributed by atoms with van der Waals surface area (Å²) in [7, 11) is 0. The second kappa shape index (κ2) is 6.83. The van der Waals surface area contributed by atoms with Gasteiger partial charge in [0.05, 0.1) is 0 Å². The van der Waals surface area contributed by atoms with Crippen molar-refractivity contribution >= 4 is 23.4 Å². The van der Waals surface area contributed by atoms with Crippen molar-refractivity contribution in [2.45, 2.75) is 31.6 Å². The number of aromatic amines is 1. The minimum absolute atomic E-state index is 0.455. The molecule has 2 fully saturated rings. The monoisotopic (exact) mass is 400 g/mol. The van der Waals surface area contributed by atoms with Gasteiger partial charge in [0.2, 0.25) is 11.9 Å². The molecule has 3 atom stereocenters. The van der Waals surface area contributed by atoms with Crippen molar-refractivity contribution in [3.63, 3.8) is 0 Å². The highest BCUT2D eigenvalue weighted by Crippen LogP contribution is 2.46. The molecule has 2 N–H and O–H groups in total. The Labute approximate surface area is 174 Å². The molecule has 0 radical (unpaired) electrons. The molecule has 8 heteroatoms. The fourth-order valence-corrected chi connectivity index (χ4v) is 4.44. The fourth-order valence-electron chi connectivity index (χ4n) is 4.44. The molecular formula is C22H24N8. The molecule has 1 aliphatic carbocycles. The van der Waals surface area contributed by atoms with Crippen molar-refractivity contribution in [2.75, 3.05) is 23.3 Å². The molecule has 0 amide bonds. The zero-order valence-electron chi connectivity index (χ0n) is 16.9. The average molecular weight is 400 g/mol. The molecule has 30 heavy (non-hydrogen) atoms. The van der Waals surface area contributed by atoms with E-state index in [2.05, 4.69) is 44.5 Å². The molecule has 0 spiro atoms. The summed E-state index contributed by atoms with van der Waals surface area (Å²) in [5, 5.41) is 11.0. The fraction of sp³-hybridized carbons (Fsp3) is 0.364. The maximum atomic E-state index is 4.86. The number of pyridine rings is 1. The molecule has 2 aliphatic rings. The van der Waals surface area contributed by atoms with E-state index in [1.54, 1.807) is 0 Å². The Balaban J connectivity index is 1.27. The molecule has 0 aromatic carbocycles. The number of anilines is 3. The third-order valence-electron chi connectivity index (χ3n) is 6.35. The Morgan fingerprint density at radius 2 is 2.13 bits per heavy atom. The largest absolute Gasteiger partial charge is 0.340 e. The summed E-state index contributed by atoms with van der Waals surface area (Å²) in [4.78, 5) is 16.2. The van der Waals surface area contributed by atoms with Gasteiger partial charge in [-0.15, -0.1) is 0 Å². The topological polar surface area (TPSA) is 87.0 Å². The lowest BCUT2D eigenvalue weighted by molar-refractivity contribution is 0.767. The van der Waals surface area contributed by atoms with Crippen LogP contribution in [0.15, 0.2) is 48.9 Å². The van der Waals surface area contributed by atoms with Crippen LogP contribution in [0, 0.1) is 5.92 Å². The summed E-state index contributed by atoms with van der Waals surface area (Å²) in [5.74, 6) is 4.07. The molecule has 1 aliphatic heterocycles. The molecule has 152 valence electrons. The molecule has 6 rings (SSSR count). The Hall–Kier alpha value is -3.42. The predicted octanol–water partition coefficient (Wildman–Crippen LogP) is 3.71. The van der Waals surface area contributed by atoms with Gasteiger partial charge in [0.25, 0.3) is 0 Å².